The molecule has 13 heteroatoms. The van der Waals surface area contributed by atoms with E-state index in [-0.39, 0.29) is 22.9 Å². The van der Waals surface area contributed by atoms with Crippen LogP contribution >= 0.6 is 0 Å². The fourth-order valence-corrected chi connectivity index (χ4v) is 5.46. The summed E-state index contributed by atoms with van der Waals surface area (Å²) in [5.41, 5.74) is 0.955. The molecule has 3 aromatic rings. The highest BCUT2D eigenvalue weighted by atomic mass is 32.2. The van der Waals surface area contributed by atoms with Gasteiger partial charge in [0, 0.05) is 39.1 Å². The summed E-state index contributed by atoms with van der Waals surface area (Å²) >= 11 is 0. The van der Waals surface area contributed by atoms with Gasteiger partial charge in [-0.05, 0) is 38.5 Å². The van der Waals surface area contributed by atoms with E-state index in [1.54, 1.807) is 18.0 Å². The summed E-state index contributed by atoms with van der Waals surface area (Å²) in [5, 5.41) is 15.4. The molecule has 1 aliphatic rings. The fraction of sp³-hybridized carbons (Fsp3) is 0.522. The van der Waals surface area contributed by atoms with Crippen LogP contribution in [0.25, 0.3) is 16.9 Å². The number of aliphatic hydroxyl groups excluding tert-OH is 1. The largest absolute Gasteiger partial charge is 0.493 e. The van der Waals surface area contributed by atoms with Crippen LogP contribution in [0.3, 0.4) is 0 Å². The predicted molar refractivity (Wildman–Crippen MR) is 134 cm³/mol. The van der Waals surface area contributed by atoms with Gasteiger partial charge in [0.05, 0.1) is 29.4 Å². The number of sulfonamides is 1. The molecule has 4 rings (SSSR count). The van der Waals surface area contributed by atoms with Gasteiger partial charge in [-0.1, -0.05) is 6.92 Å². The molecule has 2 aromatic heterocycles. The molecular formula is C23H33N7O5S. The van der Waals surface area contributed by atoms with E-state index in [1.165, 1.54) is 16.6 Å². The highest BCUT2D eigenvalue weighted by Crippen LogP contribution is 2.30. The Kier molecular flexibility index (Phi) is 8.05. The summed E-state index contributed by atoms with van der Waals surface area (Å²) in [6, 6.07) is 4.50. The Bertz CT molecular complexity index is 1380. The van der Waals surface area contributed by atoms with Crippen molar-refractivity contribution in [2.45, 2.75) is 38.5 Å². The molecule has 196 valence electrons. The molecular weight excluding hydrogens is 486 g/mol. The molecule has 1 fully saturated rings. The second-order valence-electron chi connectivity index (χ2n) is 8.66. The van der Waals surface area contributed by atoms with Crippen molar-refractivity contribution in [3.05, 3.63) is 40.1 Å². The molecule has 1 saturated heterocycles. The van der Waals surface area contributed by atoms with Crippen molar-refractivity contribution in [3.8, 4) is 17.1 Å². The minimum Gasteiger partial charge on any atom is -0.493 e. The molecule has 0 spiro atoms. The fourth-order valence-electron chi connectivity index (χ4n) is 4.31. The second kappa shape index (κ2) is 11.0. The number of hydrogen-bond acceptors (Lipinski definition) is 9. The summed E-state index contributed by atoms with van der Waals surface area (Å²) in [6.45, 7) is 8.88. The summed E-state index contributed by atoms with van der Waals surface area (Å²) in [4.78, 5) is 25.0. The monoisotopic (exact) mass is 519 g/mol. The summed E-state index contributed by atoms with van der Waals surface area (Å²) in [5.74, 6) is 1.27. The lowest BCUT2D eigenvalue weighted by molar-refractivity contribution is 0.0993. The number of piperazine rings is 1. The van der Waals surface area contributed by atoms with Gasteiger partial charge in [-0.3, -0.25) is 9.69 Å². The number of benzene rings is 1. The zero-order valence-corrected chi connectivity index (χ0v) is 21.6. The molecule has 0 amide bonds. The Hall–Kier alpha value is -2.84. The number of aromatic nitrogens is 4. The number of aromatic amines is 1. The standard InChI is InChI=1S/C23H33N7O5S/c1-4-6-20-24-16(3)21-23(32)25-22(26-30(20)21)18-15-17(7-8-19(18)35-5-2)36(33,34)27-29-11-9-28(10-12-29)13-14-31/h7-8,15,27,31H,4-6,9-14H2,1-3H3,(H,25,26,32). The maximum Gasteiger partial charge on any atom is 0.277 e. The number of H-pyrrole nitrogens is 1. The lowest BCUT2D eigenvalue weighted by Crippen LogP contribution is -2.53. The Morgan fingerprint density at radius 1 is 1.19 bits per heavy atom. The number of nitrogens with one attached hydrogen (secondary N) is 2. The average Bonchev–Trinajstić information content (AvgIpc) is 3.16. The maximum absolute atomic E-state index is 13.2. The first-order valence-electron chi connectivity index (χ1n) is 12.1. The third-order valence-electron chi connectivity index (χ3n) is 6.07. The van der Waals surface area contributed by atoms with Gasteiger partial charge in [-0.15, -0.1) is 9.93 Å². The molecule has 36 heavy (non-hydrogen) atoms. The maximum atomic E-state index is 13.2. The first kappa shape index (κ1) is 26.2. The Morgan fingerprint density at radius 2 is 1.94 bits per heavy atom. The topological polar surface area (TPSA) is 145 Å². The summed E-state index contributed by atoms with van der Waals surface area (Å²) in [6.07, 6.45) is 1.48. The molecule has 12 nitrogen and oxygen atoms in total. The van der Waals surface area contributed by atoms with E-state index in [1.807, 2.05) is 13.8 Å². The number of imidazole rings is 1. The molecule has 0 atom stereocenters. The van der Waals surface area contributed by atoms with E-state index >= 15 is 0 Å². The SMILES string of the molecule is CCCc1nc(C)c2c(=O)[nH]c(-c3cc(S(=O)(=O)NN4CCN(CCO)CC4)ccc3OCC)nn12. The van der Waals surface area contributed by atoms with Gasteiger partial charge in [0.15, 0.2) is 11.3 Å². The number of ether oxygens (including phenoxy) is 1. The van der Waals surface area contributed by atoms with E-state index in [0.29, 0.717) is 74.1 Å². The number of nitrogens with zero attached hydrogens (tertiary/aromatic N) is 5. The van der Waals surface area contributed by atoms with E-state index in [4.69, 9.17) is 9.84 Å². The van der Waals surface area contributed by atoms with Gasteiger partial charge < -0.3 is 14.8 Å². The molecule has 1 aliphatic heterocycles. The van der Waals surface area contributed by atoms with Crippen molar-refractivity contribution in [3.63, 3.8) is 0 Å². The van der Waals surface area contributed by atoms with Crippen LogP contribution in [-0.2, 0) is 16.4 Å². The van der Waals surface area contributed by atoms with Gasteiger partial charge in [0.1, 0.15) is 11.6 Å². The van der Waals surface area contributed by atoms with Crippen LogP contribution in [0, 0.1) is 6.92 Å². The van der Waals surface area contributed by atoms with Crippen LogP contribution in [0.2, 0.25) is 0 Å². The quantitative estimate of drug-likeness (QED) is 0.350. The van der Waals surface area contributed by atoms with Crippen LogP contribution in [-0.4, -0.2) is 89.0 Å². The first-order chi connectivity index (χ1) is 17.3. The number of hydrogen-bond donors (Lipinski definition) is 3. The Morgan fingerprint density at radius 3 is 2.61 bits per heavy atom. The molecule has 0 radical (unpaired) electrons. The van der Waals surface area contributed by atoms with Crippen LogP contribution in [0.4, 0.5) is 0 Å². The Balaban J connectivity index is 1.70. The van der Waals surface area contributed by atoms with Crippen LogP contribution in [0.1, 0.15) is 31.8 Å². The number of aliphatic hydroxyl groups is 1. The lowest BCUT2D eigenvalue weighted by atomic mass is 10.2. The van der Waals surface area contributed by atoms with Crippen molar-refractivity contribution in [1.29, 1.82) is 0 Å². The lowest BCUT2D eigenvalue weighted by Gasteiger charge is -2.34. The van der Waals surface area contributed by atoms with Gasteiger partial charge in [-0.25, -0.2) is 22.9 Å². The van der Waals surface area contributed by atoms with Crippen molar-refractivity contribution in [1.82, 2.24) is 34.3 Å². The molecule has 3 N–H and O–H groups in total. The normalized spacial score (nSPS) is 15.6. The van der Waals surface area contributed by atoms with Gasteiger partial charge in [-0.2, -0.15) is 0 Å². The van der Waals surface area contributed by atoms with E-state index in [0.717, 1.165) is 6.42 Å². The zero-order chi connectivity index (χ0) is 25.9. The Labute approximate surface area is 209 Å². The summed E-state index contributed by atoms with van der Waals surface area (Å²) < 4.78 is 33.7. The number of hydrazine groups is 1. The molecule has 0 bridgehead atoms. The number of β-amino-alcohol motifs (C(OH)–C–C–N with tert-alkyl or cyclic N) is 1. The smallest absolute Gasteiger partial charge is 0.277 e. The van der Waals surface area contributed by atoms with E-state index in [2.05, 4.69) is 24.8 Å². The first-order valence-corrected chi connectivity index (χ1v) is 13.6. The van der Waals surface area contributed by atoms with Crippen molar-refractivity contribution in [2.75, 3.05) is 45.9 Å². The van der Waals surface area contributed by atoms with Gasteiger partial charge in [0.2, 0.25) is 0 Å². The van der Waals surface area contributed by atoms with Crippen LogP contribution in [0.15, 0.2) is 27.9 Å². The molecule has 0 saturated carbocycles. The highest BCUT2D eigenvalue weighted by Gasteiger charge is 2.25. The van der Waals surface area contributed by atoms with Crippen molar-refractivity contribution in [2.24, 2.45) is 0 Å². The van der Waals surface area contributed by atoms with Crippen molar-refractivity contribution < 1.29 is 18.3 Å². The van der Waals surface area contributed by atoms with Crippen LogP contribution in [0.5, 0.6) is 5.75 Å². The minimum absolute atomic E-state index is 0.0251. The van der Waals surface area contributed by atoms with E-state index < -0.39 is 10.0 Å². The third kappa shape index (κ3) is 5.44. The number of rotatable bonds is 10. The molecule has 3 heterocycles. The molecule has 0 aliphatic carbocycles. The van der Waals surface area contributed by atoms with Gasteiger partial charge in [0.25, 0.3) is 15.6 Å². The third-order valence-corrected chi connectivity index (χ3v) is 7.44. The molecule has 0 unspecified atom stereocenters. The van der Waals surface area contributed by atoms with Gasteiger partial charge >= 0.3 is 0 Å². The zero-order valence-electron chi connectivity index (χ0n) is 20.8. The highest BCUT2D eigenvalue weighted by molar-refractivity contribution is 7.89. The second-order valence-corrected chi connectivity index (χ2v) is 10.3. The van der Waals surface area contributed by atoms with Crippen LogP contribution < -0.4 is 15.1 Å². The number of fused-ring (bicyclic) bond motifs is 1. The number of aryl methyl sites for hydroxylation is 2. The molecule has 1 aromatic carbocycles. The predicted octanol–water partition coefficient (Wildman–Crippen LogP) is 0.547. The van der Waals surface area contributed by atoms with Crippen molar-refractivity contribution >= 4 is 15.5 Å². The summed E-state index contributed by atoms with van der Waals surface area (Å²) in [7, 11) is -3.90. The van der Waals surface area contributed by atoms with E-state index in [9.17, 15) is 13.2 Å². The average molecular weight is 520 g/mol. The minimum atomic E-state index is -3.90.